The van der Waals surface area contributed by atoms with E-state index in [9.17, 15) is 9.59 Å². The summed E-state index contributed by atoms with van der Waals surface area (Å²) in [5.74, 6) is 1.41. The van der Waals surface area contributed by atoms with Gasteiger partial charge in [0.25, 0.3) is 17.2 Å². The van der Waals surface area contributed by atoms with Crippen molar-refractivity contribution in [3.05, 3.63) is 82.5 Å². The summed E-state index contributed by atoms with van der Waals surface area (Å²) < 4.78 is 8.83. The molecule has 0 aliphatic rings. The number of hydrogen-bond acceptors (Lipinski definition) is 6. The third kappa shape index (κ3) is 5.43. The smallest absolute Gasteiger partial charge is 0.274 e. The maximum Gasteiger partial charge on any atom is 0.274 e. The summed E-state index contributed by atoms with van der Waals surface area (Å²) in [6.45, 7) is 5.85. The second-order valence-corrected chi connectivity index (χ2v) is 8.88. The van der Waals surface area contributed by atoms with Crippen LogP contribution in [0.4, 0.5) is 5.69 Å². The Labute approximate surface area is 195 Å². The quantitative estimate of drug-likeness (QED) is 0.396. The molecule has 2 aromatic heterocycles. The minimum atomic E-state index is -0.225. The Morgan fingerprint density at radius 3 is 2.64 bits per heavy atom. The summed E-state index contributed by atoms with van der Waals surface area (Å²) in [5.41, 5.74) is 2.20. The maximum absolute atomic E-state index is 12.5. The Morgan fingerprint density at radius 2 is 1.91 bits per heavy atom. The number of carbonyl (C=O) groups is 1. The summed E-state index contributed by atoms with van der Waals surface area (Å²) in [6.07, 6.45) is 1.63. The SMILES string of the molecule is Cc1ccccc1OCC(=O)Nc1ccc(SCc2cc(=O)n3c(ncn3C(C)C)n2)cc1. The van der Waals surface area contributed by atoms with E-state index in [-0.39, 0.29) is 24.1 Å². The molecule has 0 spiro atoms. The van der Waals surface area contributed by atoms with Crippen LogP contribution in [-0.4, -0.2) is 31.7 Å². The molecule has 0 fully saturated rings. The molecule has 2 aromatic carbocycles. The van der Waals surface area contributed by atoms with Gasteiger partial charge >= 0.3 is 0 Å². The van der Waals surface area contributed by atoms with Crippen molar-refractivity contribution < 1.29 is 9.53 Å². The molecule has 0 saturated carbocycles. The van der Waals surface area contributed by atoms with Gasteiger partial charge in [-0.05, 0) is 56.7 Å². The number of aromatic nitrogens is 4. The van der Waals surface area contributed by atoms with E-state index >= 15 is 0 Å². The first-order chi connectivity index (χ1) is 15.9. The number of ether oxygens (including phenoxy) is 1. The number of amides is 1. The van der Waals surface area contributed by atoms with Gasteiger partial charge in [0.15, 0.2) is 6.61 Å². The molecular formula is C24H25N5O3S. The van der Waals surface area contributed by atoms with Gasteiger partial charge in [-0.15, -0.1) is 11.8 Å². The first-order valence-electron chi connectivity index (χ1n) is 10.6. The van der Waals surface area contributed by atoms with Crippen LogP contribution in [0.25, 0.3) is 5.78 Å². The van der Waals surface area contributed by atoms with Crippen LogP contribution in [0.1, 0.15) is 31.1 Å². The zero-order valence-electron chi connectivity index (χ0n) is 18.7. The van der Waals surface area contributed by atoms with E-state index in [1.807, 2.05) is 69.3 Å². The van der Waals surface area contributed by atoms with Crippen LogP contribution in [0.5, 0.6) is 5.75 Å². The summed E-state index contributed by atoms with van der Waals surface area (Å²) >= 11 is 1.56. The average molecular weight is 464 g/mol. The summed E-state index contributed by atoms with van der Waals surface area (Å²) in [5, 5.41) is 2.83. The van der Waals surface area contributed by atoms with Crippen LogP contribution in [-0.2, 0) is 10.5 Å². The fourth-order valence-electron chi connectivity index (χ4n) is 3.26. The molecule has 0 atom stereocenters. The molecule has 8 nitrogen and oxygen atoms in total. The average Bonchev–Trinajstić information content (AvgIpc) is 3.23. The fourth-order valence-corrected chi connectivity index (χ4v) is 4.05. The molecule has 4 aromatic rings. The monoisotopic (exact) mass is 463 g/mol. The topological polar surface area (TPSA) is 90.5 Å². The van der Waals surface area contributed by atoms with Gasteiger partial charge in [0.2, 0.25) is 0 Å². The second-order valence-electron chi connectivity index (χ2n) is 7.83. The summed E-state index contributed by atoms with van der Waals surface area (Å²) in [6, 6.07) is 16.7. The lowest BCUT2D eigenvalue weighted by Crippen LogP contribution is -2.22. The standard InChI is InChI=1S/C24H25N5O3S/c1-16(2)28-15-25-24-27-19(12-23(31)29(24)28)14-33-20-10-8-18(9-11-20)26-22(30)13-32-21-7-5-4-6-17(21)3/h4-12,15-16H,13-14H2,1-3H3,(H,26,30). The number of fused-ring (bicyclic) bond motifs is 1. The van der Waals surface area contributed by atoms with Gasteiger partial charge in [0, 0.05) is 28.4 Å². The molecule has 170 valence electrons. The Balaban J connectivity index is 1.33. The number of aryl methyl sites for hydroxylation is 1. The lowest BCUT2D eigenvalue weighted by Gasteiger charge is -2.10. The number of thioether (sulfide) groups is 1. The number of anilines is 1. The van der Waals surface area contributed by atoms with Gasteiger partial charge in [-0.25, -0.2) is 4.98 Å². The molecule has 0 aliphatic heterocycles. The Hall–Kier alpha value is -3.59. The fraction of sp³-hybridized carbons (Fsp3) is 0.250. The molecule has 4 rings (SSSR count). The third-order valence-corrected chi connectivity index (χ3v) is 6.01. The maximum atomic E-state index is 12.5. The molecule has 0 aliphatic carbocycles. The van der Waals surface area contributed by atoms with Crippen LogP contribution in [0.3, 0.4) is 0 Å². The zero-order chi connectivity index (χ0) is 23.4. The highest BCUT2D eigenvalue weighted by molar-refractivity contribution is 7.98. The highest BCUT2D eigenvalue weighted by Gasteiger charge is 2.11. The van der Waals surface area contributed by atoms with Crippen molar-refractivity contribution in [1.29, 1.82) is 0 Å². The van der Waals surface area contributed by atoms with E-state index in [0.717, 1.165) is 10.5 Å². The molecule has 9 heteroatoms. The molecule has 33 heavy (non-hydrogen) atoms. The van der Waals surface area contributed by atoms with Gasteiger partial charge < -0.3 is 10.1 Å². The van der Waals surface area contributed by atoms with Crippen LogP contribution >= 0.6 is 11.8 Å². The van der Waals surface area contributed by atoms with Crippen LogP contribution in [0.15, 0.2) is 70.6 Å². The van der Waals surface area contributed by atoms with Crippen molar-refractivity contribution in [2.75, 3.05) is 11.9 Å². The Morgan fingerprint density at radius 1 is 1.15 bits per heavy atom. The minimum absolute atomic E-state index is 0.0579. The predicted molar refractivity (Wildman–Crippen MR) is 129 cm³/mol. The molecule has 0 bridgehead atoms. The molecular weight excluding hydrogens is 438 g/mol. The van der Waals surface area contributed by atoms with E-state index in [0.29, 0.717) is 28.7 Å². The van der Waals surface area contributed by atoms with Crippen LogP contribution in [0, 0.1) is 6.92 Å². The van der Waals surface area contributed by atoms with Crippen LogP contribution in [0.2, 0.25) is 0 Å². The zero-order valence-corrected chi connectivity index (χ0v) is 19.5. The highest BCUT2D eigenvalue weighted by Crippen LogP contribution is 2.23. The largest absolute Gasteiger partial charge is 0.483 e. The first-order valence-corrected chi connectivity index (χ1v) is 11.6. The van der Waals surface area contributed by atoms with Crippen molar-refractivity contribution >= 4 is 29.1 Å². The normalized spacial score (nSPS) is 11.2. The van der Waals surface area contributed by atoms with E-state index < -0.39 is 0 Å². The number of benzene rings is 2. The summed E-state index contributed by atoms with van der Waals surface area (Å²) in [7, 11) is 0. The van der Waals surface area contributed by atoms with Gasteiger partial charge in [-0.1, -0.05) is 18.2 Å². The third-order valence-electron chi connectivity index (χ3n) is 4.96. The van der Waals surface area contributed by atoms with Crippen molar-refractivity contribution in [2.24, 2.45) is 0 Å². The lowest BCUT2D eigenvalue weighted by atomic mass is 10.2. The van der Waals surface area contributed by atoms with Gasteiger partial charge in [-0.3, -0.25) is 14.3 Å². The first kappa shape index (κ1) is 22.6. The molecule has 0 saturated heterocycles. The number of nitrogens with zero attached hydrogens (tertiary/aromatic N) is 4. The van der Waals surface area contributed by atoms with Crippen molar-refractivity contribution in [2.45, 2.75) is 37.5 Å². The number of carbonyl (C=O) groups excluding carboxylic acids is 1. The Kier molecular flexibility index (Phi) is 6.79. The van der Waals surface area contributed by atoms with E-state index in [4.69, 9.17) is 4.74 Å². The number of para-hydroxylation sites is 1. The lowest BCUT2D eigenvalue weighted by molar-refractivity contribution is -0.118. The number of nitrogens with one attached hydrogen (secondary N) is 1. The molecule has 0 radical (unpaired) electrons. The second kappa shape index (κ2) is 9.91. The molecule has 2 heterocycles. The van der Waals surface area contributed by atoms with E-state index in [2.05, 4.69) is 15.3 Å². The van der Waals surface area contributed by atoms with Crippen molar-refractivity contribution in [3.8, 4) is 5.75 Å². The molecule has 1 amide bonds. The van der Waals surface area contributed by atoms with Gasteiger partial charge in [-0.2, -0.15) is 9.50 Å². The van der Waals surface area contributed by atoms with E-state index in [1.165, 1.54) is 4.52 Å². The number of hydrogen-bond donors (Lipinski definition) is 1. The van der Waals surface area contributed by atoms with Gasteiger partial charge in [0.05, 0.1) is 5.69 Å². The Bertz CT molecular complexity index is 1330. The molecule has 0 unspecified atom stereocenters. The predicted octanol–water partition coefficient (Wildman–Crippen LogP) is 4.09. The van der Waals surface area contributed by atoms with Crippen molar-refractivity contribution in [3.63, 3.8) is 0 Å². The minimum Gasteiger partial charge on any atom is -0.483 e. The van der Waals surface area contributed by atoms with Crippen LogP contribution < -0.4 is 15.6 Å². The number of rotatable bonds is 8. The van der Waals surface area contributed by atoms with Crippen molar-refractivity contribution in [1.82, 2.24) is 19.2 Å². The molecule has 1 N–H and O–H groups in total. The van der Waals surface area contributed by atoms with Gasteiger partial charge in [0.1, 0.15) is 12.1 Å². The summed E-state index contributed by atoms with van der Waals surface area (Å²) in [4.78, 5) is 34.4. The highest BCUT2D eigenvalue weighted by atomic mass is 32.2. The van der Waals surface area contributed by atoms with E-state index in [1.54, 1.807) is 28.8 Å².